The zero-order valence-electron chi connectivity index (χ0n) is 19.4. The largest absolute Gasteiger partial charge is 0.494 e. The first kappa shape index (κ1) is 23.8. The average molecular weight is 437 g/mol. The summed E-state index contributed by atoms with van der Waals surface area (Å²) >= 11 is 0. The Balaban J connectivity index is 1.64. The quantitative estimate of drug-likeness (QED) is 0.503. The molecule has 5 heteroatoms. The van der Waals surface area contributed by atoms with Gasteiger partial charge in [0.05, 0.1) is 6.61 Å². The molecule has 2 amide bonds. The Labute approximate surface area is 192 Å². The molecule has 0 aliphatic heterocycles. The normalized spacial score (nSPS) is 14.7. The van der Waals surface area contributed by atoms with Gasteiger partial charge in [0, 0.05) is 19.0 Å². The predicted octanol–water partition coefficient (Wildman–Crippen LogP) is 5.02. The molecule has 1 saturated carbocycles. The molecule has 0 spiro atoms. The van der Waals surface area contributed by atoms with Crippen molar-refractivity contribution in [3.8, 4) is 5.75 Å². The number of amides is 2. The van der Waals surface area contributed by atoms with E-state index in [1.807, 2.05) is 68.4 Å². The highest BCUT2D eigenvalue weighted by molar-refractivity contribution is 5.87. The molecule has 0 heterocycles. The number of carbonyl (C=O) groups excluding carboxylic acids is 2. The highest BCUT2D eigenvalue weighted by Gasteiger charge is 2.30. The summed E-state index contributed by atoms with van der Waals surface area (Å²) in [5.74, 6) is 0.773. The Morgan fingerprint density at radius 3 is 2.41 bits per heavy atom. The van der Waals surface area contributed by atoms with Crippen LogP contribution in [0.15, 0.2) is 54.6 Å². The number of aryl methyl sites for hydroxylation is 1. The molecule has 2 aromatic rings. The van der Waals surface area contributed by atoms with Gasteiger partial charge in [0.1, 0.15) is 11.8 Å². The van der Waals surface area contributed by atoms with Gasteiger partial charge in [-0.3, -0.25) is 9.59 Å². The molecular formula is C27H36N2O3. The van der Waals surface area contributed by atoms with Crippen molar-refractivity contribution in [2.24, 2.45) is 0 Å². The molecule has 172 valence electrons. The second-order valence-electron chi connectivity index (χ2n) is 8.69. The molecule has 32 heavy (non-hydrogen) atoms. The van der Waals surface area contributed by atoms with Crippen molar-refractivity contribution >= 4 is 11.8 Å². The predicted molar refractivity (Wildman–Crippen MR) is 127 cm³/mol. The van der Waals surface area contributed by atoms with E-state index in [1.165, 1.54) is 5.56 Å². The molecule has 0 bridgehead atoms. The van der Waals surface area contributed by atoms with E-state index in [0.29, 0.717) is 32.4 Å². The van der Waals surface area contributed by atoms with Crippen LogP contribution >= 0.6 is 0 Å². The molecule has 0 unspecified atom stereocenters. The van der Waals surface area contributed by atoms with Crippen molar-refractivity contribution in [1.29, 1.82) is 0 Å². The Bertz CT molecular complexity index is 845. The number of para-hydroxylation sites is 1. The third kappa shape index (κ3) is 7.11. The number of hydrogen-bond acceptors (Lipinski definition) is 3. The van der Waals surface area contributed by atoms with Crippen molar-refractivity contribution < 1.29 is 14.3 Å². The van der Waals surface area contributed by atoms with Gasteiger partial charge in [0.15, 0.2) is 0 Å². The summed E-state index contributed by atoms with van der Waals surface area (Å²) in [4.78, 5) is 28.1. The van der Waals surface area contributed by atoms with Gasteiger partial charge in [-0.15, -0.1) is 0 Å². The Hall–Kier alpha value is -2.82. The molecule has 0 radical (unpaired) electrons. The maximum Gasteiger partial charge on any atom is 0.243 e. The van der Waals surface area contributed by atoms with E-state index < -0.39 is 6.04 Å². The molecular weight excluding hydrogens is 400 g/mol. The summed E-state index contributed by atoms with van der Waals surface area (Å²) in [5.41, 5.74) is 2.22. The second-order valence-corrected chi connectivity index (χ2v) is 8.69. The third-order valence-corrected chi connectivity index (χ3v) is 6.11. The van der Waals surface area contributed by atoms with Crippen LogP contribution in [-0.2, 0) is 16.1 Å². The lowest BCUT2D eigenvalue weighted by Gasteiger charge is -2.31. The molecule has 5 nitrogen and oxygen atoms in total. The first-order chi connectivity index (χ1) is 15.6. The minimum atomic E-state index is -0.459. The lowest BCUT2D eigenvalue weighted by Crippen LogP contribution is -2.50. The molecule has 1 aliphatic carbocycles. The van der Waals surface area contributed by atoms with Gasteiger partial charge in [0.25, 0.3) is 0 Å². The number of ether oxygens (including phenoxy) is 1. The number of rotatable bonds is 11. The topological polar surface area (TPSA) is 58.6 Å². The maximum absolute atomic E-state index is 13.3. The van der Waals surface area contributed by atoms with Crippen molar-refractivity contribution in [3.05, 3.63) is 65.7 Å². The van der Waals surface area contributed by atoms with E-state index in [2.05, 4.69) is 5.32 Å². The zero-order valence-corrected chi connectivity index (χ0v) is 19.4. The van der Waals surface area contributed by atoms with Crippen molar-refractivity contribution in [1.82, 2.24) is 10.2 Å². The van der Waals surface area contributed by atoms with Crippen molar-refractivity contribution in [2.45, 2.75) is 77.4 Å². The van der Waals surface area contributed by atoms with Gasteiger partial charge in [-0.2, -0.15) is 0 Å². The number of benzene rings is 2. The van der Waals surface area contributed by atoms with Crippen LogP contribution in [-0.4, -0.2) is 35.4 Å². The highest BCUT2D eigenvalue weighted by Crippen LogP contribution is 2.20. The van der Waals surface area contributed by atoms with Gasteiger partial charge >= 0.3 is 0 Å². The van der Waals surface area contributed by atoms with Crippen LogP contribution in [0.1, 0.15) is 63.0 Å². The summed E-state index contributed by atoms with van der Waals surface area (Å²) < 4.78 is 5.74. The van der Waals surface area contributed by atoms with Crippen LogP contribution in [0.25, 0.3) is 0 Å². The summed E-state index contributed by atoms with van der Waals surface area (Å²) in [6, 6.07) is 17.6. The van der Waals surface area contributed by atoms with E-state index in [9.17, 15) is 9.59 Å². The maximum atomic E-state index is 13.3. The lowest BCUT2D eigenvalue weighted by atomic mass is 10.1. The summed E-state index contributed by atoms with van der Waals surface area (Å²) in [6.45, 7) is 4.94. The van der Waals surface area contributed by atoms with Gasteiger partial charge in [-0.05, 0) is 50.3 Å². The zero-order chi connectivity index (χ0) is 22.8. The van der Waals surface area contributed by atoms with Crippen LogP contribution in [0.5, 0.6) is 5.75 Å². The summed E-state index contributed by atoms with van der Waals surface area (Å²) in [5, 5.41) is 3.19. The van der Waals surface area contributed by atoms with Gasteiger partial charge in [0.2, 0.25) is 11.8 Å². The van der Waals surface area contributed by atoms with E-state index >= 15 is 0 Å². The second kappa shape index (κ2) is 12.3. The minimum Gasteiger partial charge on any atom is -0.494 e. The fourth-order valence-corrected chi connectivity index (χ4v) is 4.25. The smallest absolute Gasteiger partial charge is 0.243 e. The fraction of sp³-hybridized carbons (Fsp3) is 0.481. The molecule has 0 saturated heterocycles. The molecule has 1 fully saturated rings. The number of nitrogens with one attached hydrogen (secondary N) is 1. The van der Waals surface area contributed by atoms with E-state index in [1.54, 1.807) is 4.90 Å². The van der Waals surface area contributed by atoms with Crippen LogP contribution in [0.2, 0.25) is 0 Å². The van der Waals surface area contributed by atoms with E-state index in [0.717, 1.165) is 37.0 Å². The molecule has 0 aromatic heterocycles. The van der Waals surface area contributed by atoms with Crippen LogP contribution in [0, 0.1) is 6.92 Å². The summed E-state index contributed by atoms with van der Waals surface area (Å²) in [7, 11) is 0. The van der Waals surface area contributed by atoms with E-state index in [4.69, 9.17) is 4.74 Å². The van der Waals surface area contributed by atoms with Crippen LogP contribution < -0.4 is 10.1 Å². The average Bonchev–Trinajstić information content (AvgIpc) is 3.31. The molecule has 2 aromatic carbocycles. The number of nitrogens with zero attached hydrogens (tertiary/aromatic N) is 1. The van der Waals surface area contributed by atoms with Crippen LogP contribution in [0.3, 0.4) is 0 Å². The van der Waals surface area contributed by atoms with Crippen LogP contribution in [0.4, 0.5) is 0 Å². The van der Waals surface area contributed by atoms with Crippen molar-refractivity contribution in [2.75, 3.05) is 6.61 Å². The fourth-order valence-electron chi connectivity index (χ4n) is 4.25. The van der Waals surface area contributed by atoms with Gasteiger partial charge < -0.3 is 15.0 Å². The Morgan fingerprint density at radius 2 is 1.75 bits per heavy atom. The highest BCUT2D eigenvalue weighted by atomic mass is 16.5. The Kier molecular flexibility index (Phi) is 9.14. The van der Waals surface area contributed by atoms with Gasteiger partial charge in [-0.25, -0.2) is 0 Å². The molecule has 1 aliphatic rings. The minimum absolute atomic E-state index is 0.00402. The molecule has 1 N–H and O–H groups in total. The molecule has 1 atom stereocenters. The third-order valence-electron chi connectivity index (χ3n) is 6.11. The van der Waals surface area contributed by atoms with E-state index in [-0.39, 0.29) is 17.9 Å². The first-order valence-electron chi connectivity index (χ1n) is 11.9. The number of carbonyl (C=O) groups is 2. The summed E-state index contributed by atoms with van der Waals surface area (Å²) in [6.07, 6.45) is 5.95. The van der Waals surface area contributed by atoms with Crippen molar-refractivity contribution in [3.63, 3.8) is 0 Å². The SMILES string of the molecule is CC[C@H](C(=O)NC1CCCC1)N(Cc1ccc(C)cc1)C(=O)CCCOc1ccccc1. The number of hydrogen-bond donors (Lipinski definition) is 1. The van der Waals surface area contributed by atoms with Gasteiger partial charge in [-0.1, -0.05) is 67.8 Å². The standard InChI is InChI=1S/C27H36N2O3/c1-3-25(27(31)28-23-10-7-8-11-23)29(20-22-17-15-21(2)16-18-22)26(30)14-9-19-32-24-12-5-4-6-13-24/h4-6,12-13,15-18,23,25H,3,7-11,14,19-20H2,1-2H3,(H,28,31)/t25-/m1/s1. The monoisotopic (exact) mass is 436 g/mol. The lowest BCUT2D eigenvalue weighted by molar-refractivity contribution is -0.141. The molecule has 3 rings (SSSR count). The Morgan fingerprint density at radius 1 is 1.06 bits per heavy atom. The first-order valence-corrected chi connectivity index (χ1v) is 11.9.